The van der Waals surface area contributed by atoms with E-state index in [1.54, 1.807) is 0 Å². The van der Waals surface area contributed by atoms with Crippen LogP contribution in [-0.2, 0) is 9.53 Å². The van der Waals surface area contributed by atoms with Crippen LogP contribution >= 0.6 is 0 Å². The predicted molar refractivity (Wildman–Crippen MR) is 40.0 cm³/mol. The molecule has 1 saturated heterocycles. The number of cyclic esters (lactones) is 1. The molecular weight excluding hydrogens is 144 g/mol. The first-order valence-corrected chi connectivity index (χ1v) is 4.12. The second-order valence-electron chi connectivity index (χ2n) is 2.87. The van der Waals surface area contributed by atoms with Gasteiger partial charge in [0, 0.05) is 6.61 Å². The molecular formula is C8H14O3. The van der Waals surface area contributed by atoms with Gasteiger partial charge < -0.3 is 9.84 Å². The molecule has 0 saturated carbocycles. The van der Waals surface area contributed by atoms with Gasteiger partial charge in [0.25, 0.3) is 0 Å². The van der Waals surface area contributed by atoms with Crippen LogP contribution in [0.5, 0.6) is 0 Å². The quantitative estimate of drug-likeness (QED) is 0.484. The SMILES string of the molecule is O=C1OCCC1CCCCO. The molecule has 0 aromatic rings. The van der Waals surface area contributed by atoms with Crippen molar-refractivity contribution < 1.29 is 14.6 Å². The summed E-state index contributed by atoms with van der Waals surface area (Å²) in [4.78, 5) is 10.9. The zero-order valence-corrected chi connectivity index (χ0v) is 6.58. The molecule has 64 valence electrons. The highest BCUT2D eigenvalue weighted by Gasteiger charge is 2.25. The van der Waals surface area contributed by atoms with Crippen molar-refractivity contribution in [1.29, 1.82) is 0 Å². The van der Waals surface area contributed by atoms with Crippen molar-refractivity contribution in [2.45, 2.75) is 25.7 Å². The molecule has 0 spiro atoms. The van der Waals surface area contributed by atoms with E-state index in [4.69, 9.17) is 9.84 Å². The van der Waals surface area contributed by atoms with Crippen LogP contribution in [0, 0.1) is 5.92 Å². The minimum absolute atomic E-state index is 0.0528. The second-order valence-corrected chi connectivity index (χ2v) is 2.87. The molecule has 0 aliphatic carbocycles. The van der Waals surface area contributed by atoms with Crippen molar-refractivity contribution in [1.82, 2.24) is 0 Å². The van der Waals surface area contributed by atoms with E-state index in [9.17, 15) is 4.79 Å². The molecule has 3 nitrogen and oxygen atoms in total. The van der Waals surface area contributed by atoms with Gasteiger partial charge in [-0.3, -0.25) is 4.79 Å². The van der Waals surface area contributed by atoms with Gasteiger partial charge in [0.1, 0.15) is 0 Å². The van der Waals surface area contributed by atoms with E-state index < -0.39 is 0 Å². The molecule has 1 atom stereocenters. The summed E-state index contributed by atoms with van der Waals surface area (Å²) in [6, 6.07) is 0. The van der Waals surface area contributed by atoms with E-state index in [0.29, 0.717) is 6.61 Å². The third-order valence-electron chi connectivity index (χ3n) is 2.00. The van der Waals surface area contributed by atoms with E-state index in [2.05, 4.69) is 0 Å². The standard InChI is InChI=1S/C8H14O3/c9-5-2-1-3-7-4-6-11-8(7)10/h7,9H,1-6H2. The van der Waals surface area contributed by atoms with E-state index >= 15 is 0 Å². The highest BCUT2D eigenvalue weighted by molar-refractivity contribution is 5.73. The topological polar surface area (TPSA) is 46.5 Å². The summed E-state index contributed by atoms with van der Waals surface area (Å²) >= 11 is 0. The largest absolute Gasteiger partial charge is 0.465 e. The summed E-state index contributed by atoms with van der Waals surface area (Å²) in [5.74, 6) is 0.0597. The Morgan fingerprint density at radius 1 is 1.55 bits per heavy atom. The van der Waals surface area contributed by atoms with Crippen LogP contribution in [-0.4, -0.2) is 24.3 Å². The molecule has 1 N–H and O–H groups in total. The molecule has 1 aliphatic rings. The Balaban J connectivity index is 2.10. The highest BCUT2D eigenvalue weighted by Crippen LogP contribution is 2.20. The van der Waals surface area contributed by atoms with Gasteiger partial charge in [-0.15, -0.1) is 0 Å². The van der Waals surface area contributed by atoms with Crippen molar-refractivity contribution in [3.63, 3.8) is 0 Å². The molecule has 0 bridgehead atoms. The minimum atomic E-state index is -0.0528. The number of esters is 1. The molecule has 0 amide bonds. The molecule has 1 fully saturated rings. The van der Waals surface area contributed by atoms with Crippen LogP contribution in [0.1, 0.15) is 25.7 Å². The fourth-order valence-corrected chi connectivity index (χ4v) is 1.30. The Hall–Kier alpha value is -0.570. The fourth-order valence-electron chi connectivity index (χ4n) is 1.30. The number of carbonyl (C=O) groups is 1. The average Bonchev–Trinajstić information content (AvgIpc) is 2.37. The van der Waals surface area contributed by atoms with E-state index in [1.807, 2.05) is 0 Å². The van der Waals surface area contributed by atoms with Crippen molar-refractivity contribution >= 4 is 5.97 Å². The first-order valence-electron chi connectivity index (χ1n) is 4.12. The number of hydrogen-bond acceptors (Lipinski definition) is 3. The Morgan fingerprint density at radius 2 is 2.36 bits per heavy atom. The molecule has 1 rings (SSSR count). The molecule has 0 aromatic heterocycles. The van der Waals surface area contributed by atoms with Gasteiger partial charge in [-0.05, 0) is 19.3 Å². The summed E-state index contributed by atoms with van der Waals surface area (Å²) in [5, 5.41) is 8.49. The Labute approximate surface area is 66.4 Å². The molecule has 3 heteroatoms. The molecule has 1 unspecified atom stereocenters. The monoisotopic (exact) mass is 158 g/mol. The summed E-state index contributed by atoms with van der Waals surface area (Å²) in [7, 11) is 0. The van der Waals surface area contributed by atoms with Gasteiger partial charge in [-0.1, -0.05) is 6.42 Å². The Kier molecular flexibility index (Phi) is 3.36. The number of unbranched alkanes of at least 4 members (excludes halogenated alkanes) is 1. The van der Waals surface area contributed by atoms with Crippen molar-refractivity contribution in [3.05, 3.63) is 0 Å². The molecule has 11 heavy (non-hydrogen) atoms. The number of rotatable bonds is 4. The third kappa shape index (κ3) is 2.50. The lowest BCUT2D eigenvalue weighted by Crippen LogP contribution is -2.07. The zero-order valence-electron chi connectivity index (χ0n) is 6.58. The zero-order chi connectivity index (χ0) is 8.10. The number of carbonyl (C=O) groups excluding carboxylic acids is 1. The van der Waals surface area contributed by atoms with E-state index in [1.165, 1.54) is 0 Å². The molecule has 0 radical (unpaired) electrons. The Bertz CT molecular complexity index is 133. The first-order chi connectivity index (χ1) is 5.34. The van der Waals surface area contributed by atoms with Gasteiger partial charge in [-0.25, -0.2) is 0 Å². The smallest absolute Gasteiger partial charge is 0.309 e. The van der Waals surface area contributed by atoms with Crippen molar-refractivity contribution in [3.8, 4) is 0 Å². The molecule has 1 heterocycles. The van der Waals surface area contributed by atoms with Crippen molar-refractivity contribution in [2.24, 2.45) is 5.92 Å². The van der Waals surface area contributed by atoms with Gasteiger partial charge in [0.15, 0.2) is 0 Å². The maximum Gasteiger partial charge on any atom is 0.309 e. The fraction of sp³-hybridized carbons (Fsp3) is 0.875. The third-order valence-corrected chi connectivity index (χ3v) is 2.00. The van der Waals surface area contributed by atoms with Gasteiger partial charge >= 0.3 is 5.97 Å². The van der Waals surface area contributed by atoms with Gasteiger partial charge in [-0.2, -0.15) is 0 Å². The normalized spacial score (nSPS) is 23.7. The van der Waals surface area contributed by atoms with Crippen LogP contribution in [0.4, 0.5) is 0 Å². The van der Waals surface area contributed by atoms with Crippen molar-refractivity contribution in [2.75, 3.05) is 13.2 Å². The van der Waals surface area contributed by atoms with Crippen LogP contribution in [0.25, 0.3) is 0 Å². The minimum Gasteiger partial charge on any atom is -0.465 e. The van der Waals surface area contributed by atoms with Gasteiger partial charge in [0.05, 0.1) is 12.5 Å². The molecule has 1 aliphatic heterocycles. The summed E-state index contributed by atoms with van der Waals surface area (Å²) < 4.78 is 4.79. The van der Waals surface area contributed by atoms with Gasteiger partial charge in [0.2, 0.25) is 0 Å². The number of ether oxygens (including phenoxy) is 1. The number of aliphatic hydroxyl groups is 1. The summed E-state index contributed by atoms with van der Waals surface area (Å²) in [6.07, 6.45) is 3.46. The lowest BCUT2D eigenvalue weighted by molar-refractivity contribution is -0.141. The molecule has 0 aromatic carbocycles. The Morgan fingerprint density at radius 3 is 2.91 bits per heavy atom. The maximum atomic E-state index is 10.9. The maximum absolute atomic E-state index is 10.9. The van der Waals surface area contributed by atoms with Crippen LogP contribution in [0.2, 0.25) is 0 Å². The van der Waals surface area contributed by atoms with E-state index in [0.717, 1.165) is 25.7 Å². The first kappa shape index (κ1) is 8.53. The number of aliphatic hydroxyl groups excluding tert-OH is 1. The lowest BCUT2D eigenvalue weighted by Gasteiger charge is -2.02. The second kappa shape index (κ2) is 4.34. The predicted octanol–water partition coefficient (Wildman–Crippen LogP) is 0.712. The highest BCUT2D eigenvalue weighted by atomic mass is 16.5. The van der Waals surface area contributed by atoms with Crippen LogP contribution in [0.3, 0.4) is 0 Å². The lowest BCUT2D eigenvalue weighted by atomic mass is 10.0. The number of hydrogen-bond donors (Lipinski definition) is 1. The van der Waals surface area contributed by atoms with Crippen LogP contribution < -0.4 is 0 Å². The summed E-state index contributed by atoms with van der Waals surface area (Å²) in [6.45, 7) is 0.810. The average molecular weight is 158 g/mol. The van der Waals surface area contributed by atoms with Crippen LogP contribution in [0.15, 0.2) is 0 Å². The van der Waals surface area contributed by atoms with E-state index in [-0.39, 0.29) is 18.5 Å². The summed E-state index contributed by atoms with van der Waals surface area (Å²) in [5.41, 5.74) is 0.